The summed E-state index contributed by atoms with van der Waals surface area (Å²) in [6.07, 6.45) is 4.35. The standard InChI is InChI=1S/C17H22N2O2/c20-13-16(11-19-17-7-4-9-18-12-17)8-10-21-14-15-5-2-1-3-6-15/h1-7,9,12,16,19-20H,8,10-11,13-14H2/t16-/m0/s1. The van der Waals surface area contributed by atoms with Crippen molar-refractivity contribution in [2.45, 2.75) is 13.0 Å². The van der Waals surface area contributed by atoms with E-state index in [4.69, 9.17) is 4.74 Å². The molecule has 0 aliphatic rings. The van der Waals surface area contributed by atoms with Crippen LogP contribution in [0, 0.1) is 5.92 Å². The van der Waals surface area contributed by atoms with E-state index in [9.17, 15) is 5.11 Å². The molecule has 0 radical (unpaired) electrons. The van der Waals surface area contributed by atoms with E-state index < -0.39 is 0 Å². The first-order valence-corrected chi connectivity index (χ1v) is 7.25. The Morgan fingerprint density at radius 3 is 2.71 bits per heavy atom. The van der Waals surface area contributed by atoms with Crippen molar-refractivity contribution in [3.05, 3.63) is 60.4 Å². The molecule has 0 unspecified atom stereocenters. The number of nitrogens with zero attached hydrogens (tertiary/aromatic N) is 1. The van der Waals surface area contributed by atoms with Crippen LogP contribution in [0.2, 0.25) is 0 Å². The number of hydrogen-bond donors (Lipinski definition) is 2. The molecule has 0 bridgehead atoms. The van der Waals surface area contributed by atoms with Crippen molar-refractivity contribution in [1.29, 1.82) is 0 Å². The number of aliphatic hydroxyl groups excluding tert-OH is 1. The van der Waals surface area contributed by atoms with Crippen molar-refractivity contribution in [3.8, 4) is 0 Å². The molecule has 112 valence electrons. The Balaban J connectivity index is 1.63. The minimum atomic E-state index is 0.155. The number of aliphatic hydroxyl groups is 1. The summed E-state index contributed by atoms with van der Waals surface area (Å²) in [7, 11) is 0. The summed E-state index contributed by atoms with van der Waals surface area (Å²) in [5, 5.41) is 12.7. The predicted octanol–water partition coefficient (Wildman–Crippen LogP) is 2.71. The maximum Gasteiger partial charge on any atom is 0.0716 e. The van der Waals surface area contributed by atoms with Gasteiger partial charge in [-0.25, -0.2) is 0 Å². The van der Waals surface area contributed by atoms with Crippen LogP contribution in [0.1, 0.15) is 12.0 Å². The van der Waals surface area contributed by atoms with Gasteiger partial charge in [0, 0.05) is 38.1 Å². The molecule has 1 heterocycles. The molecule has 21 heavy (non-hydrogen) atoms. The Hall–Kier alpha value is -1.91. The molecular weight excluding hydrogens is 264 g/mol. The van der Waals surface area contributed by atoms with E-state index in [1.165, 1.54) is 5.56 Å². The molecule has 4 nitrogen and oxygen atoms in total. The highest BCUT2D eigenvalue weighted by atomic mass is 16.5. The topological polar surface area (TPSA) is 54.4 Å². The molecule has 1 atom stereocenters. The number of benzene rings is 1. The molecule has 4 heteroatoms. The van der Waals surface area contributed by atoms with E-state index in [0.29, 0.717) is 13.2 Å². The van der Waals surface area contributed by atoms with Gasteiger partial charge in [-0.15, -0.1) is 0 Å². The fraction of sp³-hybridized carbons (Fsp3) is 0.353. The number of rotatable bonds is 9. The van der Waals surface area contributed by atoms with E-state index in [2.05, 4.69) is 10.3 Å². The minimum absolute atomic E-state index is 0.155. The average Bonchev–Trinajstić information content (AvgIpc) is 2.56. The van der Waals surface area contributed by atoms with Crippen molar-refractivity contribution < 1.29 is 9.84 Å². The Morgan fingerprint density at radius 2 is 2.00 bits per heavy atom. The summed E-state index contributed by atoms with van der Waals surface area (Å²) in [6, 6.07) is 14.0. The number of nitrogens with one attached hydrogen (secondary N) is 1. The number of ether oxygens (including phenoxy) is 1. The van der Waals surface area contributed by atoms with Gasteiger partial charge in [0.25, 0.3) is 0 Å². The lowest BCUT2D eigenvalue weighted by atomic mass is 10.1. The third-order valence-corrected chi connectivity index (χ3v) is 3.30. The van der Waals surface area contributed by atoms with Gasteiger partial charge in [-0.05, 0) is 24.1 Å². The number of aromatic nitrogens is 1. The number of anilines is 1. The zero-order chi connectivity index (χ0) is 14.8. The SMILES string of the molecule is OC[C@@H](CCOCc1ccccc1)CNc1cccnc1. The molecule has 0 aliphatic carbocycles. The van der Waals surface area contributed by atoms with Crippen LogP contribution in [-0.4, -0.2) is 29.8 Å². The molecule has 0 fully saturated rings. The van der Waals surface area contributed by atoms with E-state index in [1.54, 1.807) is 12.4 Å². The average molecular weight is 286 g/mol. The summed E-state index contributed by atoms with van der Waals surface area (Å²) in [4.78, 5) is 4.05. The Morgan fingerprint density at radius 1 is 1.14 bits per heavy atom. The first-order chi connectivity index (χ1) is 10.4. The maximum atomic E-state index is 9.41. The highest BCUT2D eigenvalue weighted by Crippen LogP contribution is 2.08. The fourth-order valence-corrected chi connectivity index (χ4v) is 2.00. The lowest BCUT2D eigenvalue weighted by Gasteiger charge is -2.15. The predicted molar refractivity (Wildman–Crippen MR) is 84.0 cm³/mol. The van der Waals surface area contributed by atoms with Crippen molar-refractivity contribution >= 4 is 5.69 Å². The largest absolute Gasteiger partial charge is 0.396 e. The Labute approximate surface area is 125 Å². The summed E-state index contributed by atoms with van der Waals surface area (Å²) < 4.78 is 5.65. The van der Waals surface area contributed by atoms with Gasteiger partial charge in [0.2, 0.25) is 0 Å². The second-order valence-electron chi connectivity index (χ2n) is 5.00. The van der Waals surface area contributed by atoms with Crippen LogP contribution < -0.4 is 5.32 Å². The fourth-order valence-electron chi connectivity index (χ4n) is 2.00. The molecule has 1 aromatic heterocycles. The smallest absolute Gasteiger partial charge is 0.0716 e. The van der Waals surface area contributed by atoms with Crippen LogP contribution in [0.15, 0.2) is 54.9 Å². The molecule has 0 aliphatic heterocycles. The molecule has 2 N–H and O–H groups in total. The van der Waals surface area contributed by atoms with Crippen molar-refractivity contribution in [1.82, 2.24) is 4.98 Å². The van der Waals surface area contributed by atoms with Crippen molar-refractivity contribution in [2.75, 3.05) is 25.1 Å². The van der Waals surface area contributed by atoms with Gasteiger partial charge >= 0.3 is 0 Å². The zero-order valence-corrected chi connectivity index (χ0v) is 12.1. The summed E-state index contributed by atoms with van der Waals surface area (Å²) in [5.41, 5.74) is 2.15. The number of pyridine rings is 1. The van der Waals surface area contributed by atoms with Gasteiger partial charge in [-0.3, -0.25) is 4.98 Å². The molecule has 2 rings (SSSR count). The van der Waals surface area contributed by atoms with Gasteiger partial charge in [0.15, 0.2) is 0 Å². The lowest BCUT2D eigenvalue weighted by Crippen LogP contribution is -2.19. The van der Waals surface area contributed by atoms with Gasteiger partial charge in [0.1, 0.15) is 0 Å². The number of hydrogen-bond acceptors (Lipinski definition) is 4. The van der Waals surface area contributed by atoms with Gasteiger partial charge in [0.05, 0.1) is 12.3 Å². The van der Waals surface area contributed by atoms with Gasteiger partial charge in [-0.1, -0.05) is 30.3 Å². The maximum absolute atomic E-state index is 9.41. The molecule has 0 spiro atoms. The van der Waals surface area contributed by atoms with E-state index in [1.807, 2.05) is 42.5 Å². The second-order valence-corrected chi connectivity index (χ2v) is 5.00. The van der Waals surface area contributed by atoms with E-state index in [0.717, 1.165) is 18.7 Å². The molecular formula is C17H22N2O2. The van der Waals surface area contributed by atoms with E-state index >= 15 is 0 Å². The molecule has 1 aromatic carbocycles. The Bertz CT molecular complexity index is 491. The molecule has 0 saturated heterocycles. The summed E-state index contributed by atoms with van der Waals surface area (Å²) in [6.45, 7) is 2.14. The first kappa shape index (κ1) is 15.5. The quantitative estimate of drug-likeness (QED) is 0.696. The third kappa shape index (κ3) is 5.94. The first-order valence-electron chi connectivity index (χ1n) is 7.25. The van der Waals surface area contributed by atoms with Gasteiger partial charge in [-0.2, -0.15) is 0 Å². The molecule has 0 amide bonds. The molecule has 0 saturated carbocycles. The van der Waals surface area contributed by atoms with Crippen LogP contribution in [0.4, 0.5) is 5.69 Å². The normalized spacial score (nSPS) is 12.0. The van der Waals surface area contributed by atoms with E-state index in [-0.39, 0.29) is 12.5 Å². The van der Waals surface area contributed by atoms with Crippen LogP contribution in [0.3, 0.4) is 0 Å². The van der Waals surface area contributed by atoms with Crippen LogP contribution >= 0.6 is 0 Å². The van der Waals surface area contributed by atoms with Crippen LogP contribution in [-0.2, 0) is 11.3 Å². The minimum Gasteiger partial charge on any atom is -0.396 e. The zero-order valence-electron chi connectivity index (χ0n) is 12.1. The highest BCUT2D eigenvalue weighted by Gasteiger charge is 2.07. The van der Waals surface area contributed by atoms with Crippen LogP contribution in [0.25, 0.3) is 0 Å². The van der Waals surface area contributed by atoms with Gasteiger partial charge < -0.3 is 15.2 Å². The van der Waals surface area contributed by atoms with Crippen molar-refractivity contribution in [3.63, 3.8) is 0 Å². The highest BCUT2D eigenvalue weighted by molar-refractivity contribution is 5.39. The van der Waals surface area contributed by atoms with Crippen LogP contribution in [0.5, 0.6) is 0 Å². The van der Waals surface area contributed by atoms with Crippen molar-refractivity contribution in [2.24, 2.45) is 5.92 Å². The third-order valence-electron chi connectivity index (χ3n) is 3.30. The second kappa shape index (κ2) is 9.10. The summed E-state index contributed by atoms with van der Waals surface area (Å²) >= 11 is 0. The monoisotopic (exact) mass is 286 g/mol. The lowest BCUT2D eigenvalue weighted by molar-refractivity contribution is 0.0974. The summed E-state index contributed by atoms with van der Waals surface area (Å²) in [5.74, 6) is 0.181. The Kier molecular flexibility index (Phi) is 6.71. The molecule has 2 aromatic rings.